The van der Waals surface area contributed by atoms with Gasteiger partial charge in [-0.05, 0) is 44.7 Å². The lowest BCUT2D eigenvalue weighted by molar-refractivity contribution is -0.158. The minimum atomic E-state index is -4.79. The van der Waals surface area contributed by atoms with Gasteiger partial charge in [0.05, 0.1) is 17.5 Å². The van der Waals surface area contributed by atoms with Crippen LogP contribution in [-0.2, 0) is 0 Å². The lowest BCUT2D eigenvalue weighted by Gasteiger charge is -2.22. The Hall–Kier alpha value is -4.10. The number of rotatable bonds is 5. The van der Waals surface area contributed by atoms with Gasteiger partial charge in [0, 0.05) is 18.3 Å². The highest BCUT2D eigenvalue weighted by atomic mass is 19.4. The second-order valence-electron chi connectivity index (χ2n) is 10.2. The van der Waals surface area contributed by atoms with Gasteiger partial charge in [-0.3, -0.25) is 19.1 Å². The smallest absolute Gasteiger partial charge is 0.340 e. The van der Waals surface area contributed by atoms with Gasteiger partial charge in [-0.1, -0.05) is 0 Å². The number of hydrogen-bond donors (Lipinski definition) is 2. The van der Waals surface area contributed by atoms with Crippen molar-refractivity contribution in [1.29, 1.82) is 0 Å². The van der Waals surface area contributed by atoms with Crippen LogP contribution in [0.3, 0.4) is 0 Å². The molecule has 1 aliphatic carbocycles. The Morgan fingerprint density at radius 1 is 1.13 bits per heavy atom. The summed E-state index contributed by atoms with van der Waals surface area (Å²) in [5.74, 6) is -6.38. The molecule has 2 N–H and O–H groups in total. The third kappa shape index (κ3) is 4.90. The van der Waals surface area contributed by atoms with Gasteiger partial charge in [-0.25, -0.2) is 22.9 Å². The molecular formula is C25H21F6N5O3. The molecule has 206 valence electrons. The van der Waals surface area contributed by atoms with Gasteiger partial charge < -0.3 is 10.6 Å². The summed E-state index contributed by atoms with van der Waals surface area (Å²) in [6, 6.07) is 0.369. The predicted molar refractivity (Wildman–Crippen MR) is 127 cm³/mol. The molecule has 0 radical (unpaired) electrons. The molecule has 1 saturated heterocycles. The number of halogens is 6. The van der Waals surface area contributed by atoms with E-state index in [1.54, 1.807) is 13.8 Å². The summed E-state index contributed by atoms with van der Waals surface area (Å²) in [5.41, 5.74) is -3.88. The highest BCUT2D eigenvalue weighted by Crippen LogP contribution is 2.40. The molecule has 3 amide bonds. The number of pyridine rings is 2. The largest absolute Gasteiger partial charge is 0.408 e. The van der Waals surface area contributed by atoms with Crippen molar-refractivity contribution >= 4 is 28.8 Å². The highest BCUT2D eigenvalue weighted by Gasteiger charge is 2.50. The van der Waals surface area contributed by atoms with E-state index in [1.165, 1.54) is 11.0 Å². The van der Waals surface area contributed by atoms with E-state index in [9.17, 15) is 40.7 Å². The molecule has 2 aromatic heterocycles. The molecule has 8 nitrogen and oxygen atoms in total. The van der Waals surface area contributed by atoms with Gasteiger partial charge in [0.25, 0.3) is 5.91 Å². The van der Waals surface area contributed by atoms with Crippen LogP contribution in [0.5, 0.6) is 0 Å². The van der Waals surface area contributed by atoms with Crippen molar-refractivity contribution in [2.45, 2.75) is 44.4 Å². The van der Waals surface area contributed by atoms with E-state index in [0.29, 0.717) is 22.9 Å². The first kappa shape index (κ1) is 26.5. The summed E-state index contributed by atoms with van der Waals surface area (Å²) in [6.07, 6.45) is -3.68. The lowest BCUT2D eigenvalue weighted by Crippen LogP contribution is -2.48. The summed E-state index contributed by atoms with van der Waals surface area (Å²) in [6.45, 7) is 3.63. The normalized spacial score (nSPS) is 17.8. The first-order valence-electron chi connectivity index (χ1n) is 11.8. The number of hydrogen-bond acceptors (Lipinski definition) is 4. The van der Waals surface area contributed by atoms with Crippen LogP contribution in [-0.4, -0.2) is 45.8 Å². The van der Waals surface area contributed by atoms with Crippen molar-refractivity contribution in [2.75, 3.05) is 11.4 Å². The monoisotopic (exact) mass is 553 g/mol. The maximum atomic E-state index is 14.9. The molecular weight excluding hydrogens is 532 g/mol. The number of anilines is 1. The molecule has 5 rings (SSSR count). The Balaban J connectivity index is 1.70. The Labute approximate surface area is 216 Å². The predicted octanol–water partition coefficient (Wildman–Crippen LogP) is 4.18. The standard InChI is InChI=1S/C25H21F6N5O3/c1-24(2)10-36(23(39)34-24)17-6-5-13-19(37)14(22(38)33-20(11-3-4-11)25(29,30)31)9-35(21(13)32-17)18-15(27)7-12(26)8-16(18)28/h5-9,11,20H,3-4,10H2,1-2H3,(H,33,38)(H,34,39)/t20-/m0/s1. The van der Waals surface area contributed by atoms with Crippen molar-refractivity contribution in [3.05, 3.63) is 63.7 Å². The Bertz CT molecular complexity index is 1560. The van der Waals surface area contributed by atoms with Crippen molar-refractivity contribution in [3.63, 3.8) is 0 Å². The highest BCUT2D eigenvalue weighted by molar-refractivity contribution is 5.99. The zero-order valence-corrected chi connectivity index (χ0v) is 20.5. The van der Waals surface area contributed by atoms with Crippen molar-refractivity contribution in [3.8, 4) is 5.69 Å². The zero-order chi connectivity index (χ0) is 28.4. The van der Waals surface area contributed by atoms with Crippen molar-refractivity contribution < 1.29 is 35.9 Å². The second-order valence-corrected chi connectivity index (χ2v) is 10.2. The average Bonchev–Trinajstić information content (AvgIpc) is 3.61. The third-order valence-electron chi connectivity index (χ3n) is 6.56. The van der Waals surface area contributed by atoms with Crippen LogP contribution in [0, 0.1) is 23.4 Å². The van der Waals surface area contributed by atoms with E-state index in [-0.39, 0.29) is 30.6 Å². The van der Waals surface area contributed by atoms with Crippen molar-refractivity contribution in [2.24, 2.45) is 5.92 Å². The second kappa shape index (κ2) is 8.99. The summed E-state index contributed by atoms with van der Waals surface area (Å²) >= 11 is 0. The molecule has 1 atom stereocenters. The SMILES string of the molecule is CC1(C)CN(c2ccc3c(=O)c(C(=O)N[C@@H](C4CC4)C(F)(F)F)cn(-c4c(F)cc(F)cc4F)c3n2)C(=O)N1. The van der Waals surface area contributed by atoms with Gasteiger partial charge in [0.2, 0.25) is 5.43 Å². The number of alkyl halides is 3. The Morgan fingerprint density at radius 3 is 2.31 bits per heavy atom. The van der Waals surface area contributed by atoms with Crippen LogP contribution in [0.25, 0.3) is 16.7 Å². The number of amides is 3. The molecule has 0 bridgehead atoms. The number of carbonyl (C=O) groups excluding carboxylic acids is 2. The molecule has 3 aromatic rings. The van der Waals surface area contributed by atoms with E-state index >= 15 is 0 Å². The van der Waals surface area contributed by atoms with Crippen molar-refractivity contribution in [1.82, 2.24) is 20.2 Å². The summed E-state index contributed by atoms with van der Waals surface area (Å²) in [4.78, 5) is 44.1. The van der Waals surface area contributed by atoms with Crippen LogP contribution >= 0.6 is 0 Å². The average molecular weight is 553 g/mol. The van der Waals surface area contributed by atoms with Crippen LogP contribution in [0.2, 0.25) is 0 Å². The van der Waals surface area contributed by atoms with Gasteiger partial charge >= 0.3 is 12.2 Å². The molecule has 0 unspecified atom stereocenters. The number of carbonyl (C=O) groups is 2. The van der Waals surface area contributed by atoms with Crippen LogP contribution in [0.15, 0.2) is 35.3 Å². The molecule has 0 spiro atoms. The molecule has 1 aliphatic heterocycles. The lowest BCUT2D eigenvalue weighted by atomic mass is 10.1. The van der Waals surface area contributed by atoms with Crippen LogP contribution in [0.1, 0.15) is 37.0 Å². The maximum absolute atomic E-state index is 14.9. The number of urea groups is 1. The van der Waals surface area contributed by atoms with Gasteiger partial charge in [-0.2, -0.15) is 13.2 Å². The van der Waals surface area contributed by atoms with Gasteiger partial charge in [0.1, 0.15) is 28.9 Å². The van der Waals surface area contributed by atoms with Gasteiger partial charge in [0.15, 0.2) is 17.3 Å². The molecule has 2 aliphatic rings. The van der Waals surface area contributed by atoms with E-state index in [4.69, 9.17) is 0 Å². The fourth-order valence-electron chi connectivity index (χ4n) is 4.60. The number of aromatic nitrogens is 2. The number of nitrogens with zero attached hydrogens (tertiary/aromatic N) is 3. The quantitative estimate of drug-likeness (QED) is 0.464. The molecule has 3 heterocycles. The molecule has 2 fully saturated rings. The van der Waals surface area contributed by atoms with Gasteiger partial charge in [-0.15, -0.1) is 0 Å². The fourth-order valence-corrected chi connectivity index (χ4v) is 4.60. The minimum Gasteiger partial charge on any atom is -0.340 e. The maximum Gasteiger partial charge on any atom is 0.408 e. The zero-order valence-electron chi connectivity index (χ0n) is 20.5. The van der Waals surface area contributed by atoms with E-state index in [0.717, 1.165) is 6.07 Å². The summed E-state index contributed by atoms with van der Waals surface area (Å²) in [7, 11) is 0. The number of fused-ring (bicyclic) bond motifs is 1. The first-order chi connectivity index (χ1) is 18.2. The topological polar surface area (TPSA) is 96.3 Å². The Kier molecular flexibility index (Phi) is 6.11. The summed E-state index contributed by atoms with van der Waals surface area (Å²) < 4.78 is 84.6. The van der Waals surface area contributed by atoms with E-state index < -0.39 is 75.4 Å². The first-order valence-corrected chi connectivity index (χ1v) is 11.8. The number of benzene rings is 1. The van der Waals surface area contributed by atoms with Crippen LogP contribution in [0.4, 0.5) is 37.0 Å². The third-order valence-corrected chi connectivity index (χ3v) is 6.56. The molecule has 1 saturated carbocycles. The molecule has 39 heavy (non-hydrogen) atoms. The fraction of sp³-hybridized carbons (Fsp3) is 0.360. The van der Waals surface area contributed by atoms with E-state index in [2.05, 4.69) is 10.3 Å². The Morgan fingerprint density at radius 2 is 1.77 bits per heavy atom. The number of nitrogens with one attached hydrogen (secondary N) is 2. The van der Waals surface area contributed by atoms with E-state index in [1.807, 2.05) is 5.32 Å². The molecule has 14 heteroatoms. The minimum absolute atomic E-state index is 0.00952. The van der Waals surface area contributed by atoms with Crippen LogP contribution < -0.4 is 21.0 Å². The summed E-state index contributed by atoms with van der Waals surface area (Å²) in [5, 5.41) is 4.16. The molecule has 1 aromatic carbocycles.